The molecular weight excluding hydrogens is 286 g/mol. The summed E-state index contributed by atoms with van der Waals surface area (Å²) in [6.07, 6.45) is 6.39. The van der Waals surface area contributed by atoms with Gasteiger partial charge in [-0.25, -0.2) is 4.98 Å². The molecule has 3 N–H and O–H groups in total. The van der Waals surface area contributed by atoms with Gasteiger partial charge in [0, 0.05) is 30.7 Å². The molecule has 7 heteroatoms. The Kier molecular flexibility index (Phi) is 3.11. The summed E-state index contributed by atoms with van der Waals surface area (Å²) in [7, 11) is 0. The van der Waals surface area contributed by atoms with Crippen LogP contribution in [0.25, 0.3) is 4.96 Å². The Labute approximate surface area is 126 Å². The van der Waals surface area contributed by atoms with Crippen LogP contribution in [0.15, 0.2) is 11.6 Å². The minimum Gasteiger partial charge on any atom is -0.368 e. The van der Waals surface area contributed by atoms with Gasteiger partial charge in [0.15, 0.2) is 10.8 Å². The van der Waals surface area contributed by atoms with Crippen molar-refractivity contribution in [1.82, 2.24) is 14.7 Å². The van der Waals surface area contributed by atoms with E-state index in [1.54, 1.807) is 11.3 Å². The van der Waals surface area contributed by atoms with Crippen LogP contribution in [-0.2, 0) is 11.3 Å². The van der Waals surface area contributed by atoms with Crippen LogP contribution >= 0.6 is 11.3 Å². The lowest BCUT2D eigenvalue weighted by atomic mass is 10.2. The van der Waals surface area contributed by atoms with Crippen molar-refractivity contribution in [2.75, 3.05) is 11.4 Å². The summed E-state index contributed by atoms with van der Waals surface area (Å²) >= 11 is 1.62. The molecule has 0 radical (unpaired) electrons. The molecule has 2 aliphatic rings. The molecule has 2 aromatic rings. The summed E-state index contributed by atoms with van der Waals surface area (Å²) < 4.78 is 2.13. The quantitative estimate of drug-likeness (QED) is 0.867. The first-order valence-corrected chi connectivity index (χ1v) is 8.36. The maximum absolute atomic E-state index is 11.7. The number of carbonyl (C=O) groups excluding carboxylic acids is 1. The van der Waals surface area contributed by atoms with Gasteiger partial charge in [0.25, 0.3) is 0 Å². The normalized spacial score (nSPS) is 22.3. The fourth-order valence-corrected chi connectivity index (χ4v) is 3.79. The molecule has 1 atom stereocenters. The van der Waals surface area contributed by atoms with Crippen molar-refractivity contribution >= 4 is 28.0 Å². The van der Waals surface area contributed by atoms with Crippen LogP contribution < -0.4 is 16.0 Å². The average Bonchev–Trinajstić information content (AvgIpc) is 2.90. The number of rotatable bonds is 5. The van der Waals surface area contributed by atoms with Gasteiger partial charge < -0.3 is 16.0 Å². The number of carbonyl (C=O) groups is 1. The number of imidazole rings is 1. The summed E-state index contributed by atoms with van der Waals surface area (Å²) in [6, 6.07) is 0.432. The second-order valence-electron chi connectivity index (χ2n) is 5.85. The van der Waals surface area contributed by atoms with Gasteiger partial charge in [-0.3, -0.25) is 9.20 Å². The molecule has 2 aromatic heterocycles. The van der Waals surface area contributed by atoms with Crippen LogP contribution in [0.2, 0.25) is 0 Å². The molecular formula is C14H19N5OS. The maximum Gasteiger partial charge on any atom is 0.240 e. The zero-order valence-electron chi connectivity index (χ0n) is 11.8. The van der Waals surface area contributed by atoms with Crippen molar-refractivity contribution < 1.29 is 4.79 Å². The lowest BCUT2D eigenvalue weighted by molar-refractivity contribution is -0.119. The molecule has 21 heavy (non-hydrogen) atoms. The number of primary amides is 1. The van der Waals surface area contributed by atoms with E-state index in [0.29, 0.717) is 6.04 Å². The Balaban J connectivity index is 1.70. The Morgan fingerprint density at radius 3 is 3.10 bits per heavy atom. The van der Waals surface area contributed by atoms with Crippen LogP contribution in [0, 0.1) is 0 Å². The lowest BCUT2D eigenvalue weighted by Gasteiger charge is -2.23. The number of hydrogen-bond acceptors (Lipinski definition) is 5. The number of nitrogens with two attached hydrogens (primary N) is 1. The minimum atomic E-state index is -0.245. The molecule has 4 rings (SSSR count). The predicted octanol–water partition coefficient (Wildman–Crippen LogP) is 1.10. The Hall–Kier alpha value is -1.60. The van der Waals surface area contributed by atoms with E-state index in [1.165, 1.54) is 12.8 Å². The van der Waals surface area contributed by atoms with Crippen molar-refractivity contribution in [2.45, 2.75) is 44.3 Å². The van der Waals surface area contributed by atoms with Gasteiger partial charge in [-0.05, 0) is 25.7 Å². The summed E-state index contributed by atoms with van der Waals surface area (Å²) in [5.74, 6) is 0.682. The average molecular weight is 305 g/mol. The molecule has 0 spiro atoms. The van der Waals surface area contributed by atoms with Crippen molar-refractivity contribution in [1.29, 1.82) is 0 Å². The van der Waals surface area contributed by atoms with Gasteiger partial charge in [-0.1, -0.05) is 0 Å². The lowest BCUT2D eigenvalue weighted by Crippen LogP contribution is -2.41. The van der Waals surface area contributed by atoms with E-state index in [-0.39, 0.29) is 11.9 Å². The molecule has 6 nitrogen and oxygen atoms in total. The molecule has 1 saturated heterocycles. The number of anilines is 1. The Morgan fingerprint density at radius 1 is 1.48 bits per heavy atom. The summed E-state index contributed by atoms with van der Waals surface area (Å²) in [4.78, 5) is 19.5. The number of aromatic nitrogens is 2. The molecule has 1 saturated carbocycles. The number of thiazole rings is 1. The van der Waals surface area contributed by atoms with E-state index >= 15 is 0 Å². The van der Waals surface area contributed by atoms with Gasteiger partial charge in [-0.15, -0.1) is 11.3 Å². The molecule has 1 aliphatic carbocycles. The molecule has 1 aliphatic heterocycles. The fraction of sp³-hybridized carbons (Fsp3) is 0.571. The maximum atomic E-state index is 11.7. The smallest absolute Gasteiger partial charge is 0.240 e. The van der Waals surface area contributed by atoms with Crippen LogP contribution in [0.5, 0.6) is 0 Å². The summed E-state index contributed by atoms with van der Waals surface area (Å²) in [6.45, 7) is 1.65. The highest BCUT2D eigenvalue weighted by Gasteiger charge is 2.33. The van der Waals surface area contributed by atoms with E-state index in [2.05, 4.69) is 20.8 Å². The first kappa shape index (κ1) is 13.1. The standard InChI is InChI=1S/C14H19N5OS/c15-12(20)10-2-1-5-18(10)13-11(8-16-9-3-4-9)19-6-7-21-14(19)17-13/h6-7,9-10,16H,1-5,8H2,(H2,15,20). The highest BCUT2D eigenvalue weighted by atomic mass is 32.1. The van der Waals surface area contributed by atoms with Crippen LogP contribution in [0.4, 0.5) is 5.82 Å². The molecule has 3 heterocycles. The third-order valence-corrected chi connectivity index (χ3v) is 5.09. The van der Waals surface area contributed by atoms with Gasteiger partial charge in [-0.2, -0.15) is 0 Å². The highest BCUT2D eigenvalue weighted by molar-refractivity contribution is 7.15. The second-order valence-corrected chi connectivity index (χ2v) is 6.72. The third-order valence-electron chi connectivity index (χ3n) is 4.33. The van der Waals surface area contributed by atoms with E-state index in [1.807, 2.05) is 5.38 Å². The molecule has 112 valence electrons. The zero-order chi connectivity index (χ0) is 14.4. The van der Waals surface area contributed by atoms with E-state index in [4.69, 9.17) is 10.7 Å². The SMILES string of the molecule is NC(=O)C1CCCN1c1nc2sccn2c1CNC1CC1. The van der Waals surface area contributed by atoms with Crippen LogP contribution in [-0.4, -0.2) is 33.9 Å². The Morgan fingerprint density at radius 2 is 2.33 bits per heavy atom. The van der Waals surface area contributed by atoms with Gasteiger partial charge in [0.2, 0.25) is 5.91 Å². The van der Waals surface area contributed by atoms with Crippen molar-refractivity contribution in [3.63, 3.8) is 0 Å². The van der Waals surface area contributed by atoms with Crippen LogP contribution in [0.3, 0.4) is 0 Å². The van der Waals surface area contributed by atoms with Crippen molar-refractivity contribution in [2.24, 2.45) is 5.73 Å². The van der Waals surface area contributed by atoms with E-state index in [0.717, 1.165) is 42.4 Å². The highest BCUT2D eigenvalue weighted by Crippen LogP contribution is 2.31. The van der Waals surface area contributed by atoms with E-state index in [9.17, 15) is 4.79 Å². The van der Waals surface area contributed by atoms with Gasteiger partial charge in [0.1, 0.15) is 6.04 Å². The first-order valence-electron chi connectivity index (χ1n) is 7.48. The molecule has 1 amide bonds. The first-order chi connectivity index (χ1) is 10.2. The molecule has 2 fully saturated rings. The minimum absolute atomic E-state index is 0.214. The van der Waals surface area contributed by atoms with Crippen molar-refractivity contribution in [3.05, 3.63) is 17.3 Å². The van der Waals surface area contributed by atoms with Gasteiger partial charge in [0.05, 0.1) is 5.69 Å². The number of hydrogen-bond donors (Lipinski definition) is 2. The molecule has 0 aromatic carbocycles. The summed E-state index contributed by atoms with van der Waals surface area (Å²) in [5.41, 5.74) is 6.69. The fourth-order valence-electron chi connectivity index (χ4n) is 3.06. The number of fused-ring (bicyclic) bond motifs is 1. The Bertz CT molecular complexity index is 674. The number of amides is 1. The molecule has 1 unspecified atom stereocenters. The monoisotopic (exact) mass is 305 g/mol. The largest absolute Gasteiger partial charge is 0.368 e. The predicted molar refractivity (Wildman–Crippen MR) is 82.5 cm³/mol. The second kappa shape index (κ2) is 4.99. The van der Waals surface area contributed by atoms with Crippen LogP contribution in [0.1, 0.15) is 31.4 Å². The summed E-state index contributed by atoms with van der Waals surface area (Å²) in [5, 5.41) is 5.59. The number of nitrogens with one attached hydrogen (secondary N) is 1. The third kappa shape index (κ3) is 2.30. The topological polar surface area (TPSA) is 75.7 Å². The van der Waals surface area contributed by atoms with Crippen molar-refractivity contribution in [3.8, 4) is 0 Å². The molecule has 0 bridgehead atoms. The van der Waals surface area contributed by atoms with E-state index < -0.39 is 0 Å². The zero-order valence-corrected chi connectivity index (χ0v) is 12.6. The number of nitrogens with zero attached hydrogens (tertiary/aromatic N) is 3. The van der Waals surface area contributed by atoms with Gasteiger partial charge >= 0.3 is 0 Å².